The molecule has 26 heteroatoms. The lowest BCUT2D eigenvalue weighted by molar-refractivity contribution is -0.133. The van der Waals surface area contributed by atoms with Crippen LogP contribution in [0.3, 0.4) is 0 Å². The van der Waals surface area contributed by atoms with Gasteiger partial charge in [0.1, 0.15) is 52.7 Å². The number of benzene rings is 5. The number of nitrogens with one attached hydrogen (secondary N) is 3. The number of piperazine rings is 1. The number of anilines is 5. The van der Waals surface area contributed by atoms with Gasteiger partial charge in [-0.3, -0.25) is 19.3 Å². The number of hydrogen-bond acceptors (Lipinski definition) is 15. The molecule has 13 rings (SSSR count). The van der Waals surface area contributed by atoms with Gasteiger partial charge in [-0.05, 0) is 147 Å². The minimum atomic E-state index is -1.13. The van der Waals surface area contributed by atoms with Crippen LogP contribution < -0.4 is 45.6 Å². The monoisotopic (exact) mass is 1280 g/mol. The van der Waals surface area contributed by atoms with Crippen molar-refractivity contribution in [3.05, 3.63) is 182 Å². The molecule has 470 valence electrons. The second kappa shape index (κ2) is 26.3. The van der Waals surface area contributed by atoms with E-state index in [1.165, 1.54) is 51.5 Å². The lowest BCUT2D eigenvalue weighted by Gasteiger charge is -2.36. The molecular formula is C66H66ClFN17O6S+. The van der Waals surface area contributed by atoms with Crippen molar-refractivity contribution in [2.24, 2.45) is 10.2 Å². The summed E-state index contributed by atoms with van der Waals surface area (Å²) in [4.78, 5) is 83.7. The Balaban J connectivity index is 0.755. The summed E-state index contributed by atoms with van der Waals surface area (Å²) in [6, 6.07) is 18.8. The van der Waals surface area contributed by atoms with E-state index >= 15 is 4.39 Å². The number of rotatable bonds is 17. The third kappa shape index (κ3) is 12.4. The molecule has 0 unspecified atom stereocenters. The number of carboxylic acid groups (broad SMARTS) is 1. The number of halogens is 2. The van der Waals surface area contributed by atoms with Crippen LogP contribution in [0.5, 0.6) is 11.5 Å². The zero-order chi connectivity index (χ0) is 63.7. The summed E-state index contributed by atoms with van der Waals surface area (Å²) in [7, 11) is 0. The quantitative estimate of drug-likeness (QED) is 0.0286. The largest absolute Gasteiger partial charge is 0.478 e. The number of ether oxygens (including phenoxy) is 1. The molecule has 0 bridgehead atoms. The molecule has 1 fully saturated rings. The highest BCUT2D eigenvalue weighted by Crippen LogP contribution is 2.49. The fraction of sp³-hybridized carbons (Fsp3) is 0.364. The first-order valence-electron chi connectivity index (χ1n) is 31.1. The van der Waals surface area contributed by atoms with Crippen LogP contribution in [0.1, 0.15) is 119 Å². The van der Waals surface area contributed by atoms with E-state index in [1.54, 1.807) is 25.1 Å². The van der Waals surface area contributed by atoms with Crippen LogP contribution in [0.4, 0.5) is 43.9 Å². The number of carboxylic acids is 1. The highest BCUT2D eigenvalue weighted by Gasteiger charge is 2.37. The number of thiazole rings is 1. The summed E-state index contributed by atoms with van der Waals surface area (Å²) in [6.45, 7) is 9.04. The maximum absolute atomic E-state index is 15.6. The number of para-hydroxylation sites is 1. The smallest absolute Gasteiger partial charge is 0.336 e. The molecule has 7 aromatic rings. The molecule has 92 heavy (non-hydrogen) atoms. The molecule has 2 aromatic heterocycles. The highest BCUT2D eigenvalue weighted by atomic mass is 35.5. The summed E-state index contributed by atoms with van der Waals surface area (Å²) >= 11 is 7.52. The summed E-state index contributed by atoms with van der Waals surface area (Å²) in [5.74, 6) is -0.156. The van der Waals surface area contributed by atoms with Crippen molar-refractivity contribution in [1.29, 1.82) is 0 Å². The number of fused-ring (bicyclic) bond motifs is 4. The van der Waals surface area contributed by atoms with Crippen molar-refractivity contribution in [3.63, 3.8) is 0 Å². The average Bonchev–Trinajstić information content (AvgIpc) is 0.910. The van der Waals surface area contributed by atoms with E-state index < -0.39 is 23.4 Å². The van der Waals surface area contributed by atoms with Gasteiger partial charge in [0.2, 0.25) is 11.3 Å². The zero-order valence-corrected chi connectivity index (χ0v) is 52.5. The van der Waals surface area contributed by atoms with Crippen LogP contribution in [0.25, 0.3) is 26.5 Å². The maximum atomic E-state index is 15.6. The number of carbonyl (C=O) groups excluding carboxylic acids is 3. The molecule has 3 amide bonds. The van der Waals surface area contributed by atoms with Crippen molar-refractivity contribution in [2.75, 3.05) is 92.4 Å². The molecule has 23 nitrogen and oxygen atoms in total. The lowest BCUT2D eigenvalue weighted by atomic mass is 9.82. The van der Waals surface area contributed by atoms with Crippen LogP contribution in [-0.2, 0) is 37.0 Å². The fourth-order valence-corrected chi connectivity index (χ4v) is 14.8. The van der Waals surface area contributed by atoms with Gasteiger partial charge in [0.05, 0.1) is 46.0 Å². The van der Waals surface area contributed by atoms with Gasteiger partial charge >= 0.3 is 5.97 Å². The van der Waals surface area contributed by atoms with Gasteiger partial charge in [-0.15, -0.1) is 0 Å². The third-order valence-corrected chi connectivity index (χ3v) is 19.3. The third-order valence-electron chi connectivity index (χ3n) is 18.1. The molecule has 8 heterocycles. The van der Waals surface area contributed by atoms with Crippen molar-refractivity contribution in [2.45, 2.75) is 84.6 Å². The Bertz CT molecular complexity index is 4420. The number of aromatic carboxylic acids is 1. The molecule has 6 aliphatic rings. The Morgan fingerprint density at radius 1 is 0.826 bits per heavy atom. The molecule has 6 aliphatic heterocycles. The molecule has 1 saturated heterocycles. The average molecular weight is 1280 g/mol. The fourth-order valence-electron chi connectivity index (χ4n) is 13.8. The maximum Gasteiger partial charge on any atom is 0.336 e. The molecule has 5 aromatic carbocycles. The lowest BCUT2D eigenvalue weighted by Crippen LogP contribution is -2.51. The minimum absolute atomic E-state index is 0.0469. The summed E-state index contributed by atoms with van der Waals surface area (Å²) < 4.78 is 25.5. The molecule has 0 spiro atoms. The van der Waals surface area contributed by atoms with Crippen LogP contribution >= 0.6 is 22.9 Å². The molecule has 4 N–H and O–H groups in total. The van der Waals surface area contributed by atoms with E-state index in [1.807, 2.05) is 24.0 Å². The Morgan fingerprint density at radius 3 is 2.43 bits per heavy atom. The molecular weight excluding hydrogens is 1210 g/mol. The van der Waals surface area contributed by atoms with Gasteiger partial charge in [0.15, 0.2) is 5.13 Å². The normalized spacial score (nSPS) is 15.6. The first kappa shape index (κ1) is 61.2. The van der Waals surface area contributed by atoms with E-state index in [-0.39, 0.29) is 60.4 Å². The summed E-state index contributed by atoms with van der Waals surface area (Å²) in [5, 5.41) is 30.1. The predicted molar refractivity (Wildman–Crippen MR) is 350 cm³/mol. The number of carbonyl (C=O) groups is 4. The number of hydrogen-bond donors (Lipinski definition) is 4. The number of nitrogens with zero attached hydrogens (tertiary/aromatic N) is 14. The van der Waals surface area contributed by atoms with Gasteiger partial charge in [-0.1, -0.05) is 45.3 Å². The van der Waals surface area contributed by atoms with E-state index in [0.29, 0.717) is 69.9 Å². The number of aromatic nitrogens is 3. The van der Waals surface area contributed by atoms with Gasteiger partial charge < -0.3 is 40.5 Å². The Hall–Kier alpha value is -9.64. The van der Waals surface area contributed by atoms with Crippen LogP contribution in [0.2, 0.25) is 5.02 Å². The Kier molecular flexibility index (Phi) is 17.5. The Labute approximate surface area is 537 Å². The zero-order valence-electron chi connectivity index (χ0n) is 50.9. The molecule has 0 atom stereocenters. The van der Waals surface area contributed by atoms with Crippen LogP contribution in [0.15, 0.2) is 83.2 Å². The topological polar surface area (TPSA) is 286 Å². The predicted octanol–water partition coefficient (Wildman–Crippen LogP) is 10.7. The first-order chi connectivity index (χ1) is 44.7. The minimum Gasteiger partial charge on any atom is -0.478 e. The molecule has 0 aliphatic carbocycles. The van der Waals surface area contributed by atoms with Gasteiger partial charge in [0, 0.05) is 126 Å². The number of amides is 3. The van der Waals surface area contributed by atoms with Gasteiger partial charge in [0.25, 0.3) is 11.8 Å². The van der Waals surface area contributed by atoms with Crippen LogP contribution in [0, 0.1) is 19.7 Å². The van der Waals surface area contributed by atoms with Crippen molar-refractivity contribution >= 4 is 91.7 Å². The molecule has 0 saturated carbocycles. The second-order valence-electron chi connectivity index (χ2n) is 24.0. The highest BCUT2D eigenvalue weighted by molar-refractivity contribution is 7.17. The van der Waals surface area contributed by atoms with E-state index in [0.717, 1.165) is 152 Å². The number of azide groups is 2. The number of aryl methyl sites for hydroxylation is 4. The second-order valence-corrected chi connectivity index (χ2v) is 25.4. The summed E-state index contributed by atoms with van der Waals surface area (Å²) in [6.07, 6.45) is 11.0. The van der Waals surface area contributed by atoms with E-state index in [4.69, 9.17) is 21.3 Å². The van der Waals surface area contributed by atoms with E-state index in [9.17, 15) is 35.3 Å². The Morgan fingerprint density at radius 2 is 1.62 bits per heavy atom. The van der Waals surface area contributed by atoms with Crippen molar-refractivity contribution in [1.82, 2.24) is 34.6 Å². The van der Waals surface area contributed by atoms with Gasteiger partial charge in [-0.2, -0.15) is 0 Å². The first-order valence-corrected chi connectivity index (χ1v) is 32.3. The van der Waals surface area contributed by atoms with Crippen molar-refractivity contribution < 1.29 is 33.4 Å². The standard InChI is InChI=1S/C66H65ClFN17O6S/c1-37-10-7-15-49(67)57(37)76-64(88)52-34-72-66(92-52)75-53-33-54(74-38(2)73-53)82-26-24-81(25-27-82)36-55(86)85(35-39-28-50(68)58(78-80-70)51(29-39)77-79-69)23-18-71-63(87)42-16-17-43(65(89)90)46(32-42)56-47-30-40-11-3-5-19-83-21-8-13-44(59(40)83)61(47)91-62-45-14-9-22-84-20-6-4-12-41(60(45)84)31-48(56)62/h7,10,15-17,28-34H,3-6,8-9,11-14,18-27,35-36H2,1-2H3,(H3-,71,72,73,74,75,76,87,88,89,90)/p+1. The summed E-state index contributed by atoms with van der Waals surface area (Å²) in [5.41, 5.74) is 27.6. The van der Waals surface area contributed by atoms with Crippen molar-refractivity contribution in [3.8, 4) is 11.5 Å². The van der Waals surface area contributed by atoms with Crippen LogP contribution in [-0.4, -0.2) is 126 Å². The van der Waals surface area contributed by atoms with Gasteiger partial charge in [-0.25, -0.2) is 28.7 Å². The molecule has 0 radical (unpaired) electrons. The van der Waals surface area contributed by atoms with E-state index in [2.05, 4.69) is 72.5 Å². The SMILES string of the molecule is Cc1nc(Nc2ncc(C(=O)Nc3c(C)cccc3Cl)s2)cc(N2CCN(CC(=O)N(CCNC(=O)c3ccc(C(=O)O)c(C4=c5cc6c7c(c5Oc5c4cc4c8c5CCCN8CCCC4)CCC[N+]=7CCCC6)c3)Cc3cc(F)c(N=[N+]=[N-])c(N=[N+]=[N-])c3)CC2)n1.